The van der Waals surface area contributed by atoms with Crippen LogP contribution in [0.15, 0.2) is 47.4 Å². The molecule has 1 atom stereocenters. The average Bonchev–Trinajstić information content (AvgIpc) is 2.81. The number of fused-ring (bicyclic) bond motifs is 1. The second kappa shape index (κ2) is 5.90. The van der Waals surface area contributed by atoms with E-state index in [4.69, 9.17) is 0 Å². The highest BCUT2D eigenvalue weighted by atomic mass is 32.2. The fourth-order valence-electron chi connectivity index (χ4n) is 3.02. The zero-order chi connectivity index (χ0) is 17.5. The third-order valence-corrected chi connectivity index (χ3v) is 5.37. The lowest BCUT2D eigenvalue weighted by Crippen LogP contribution is -2.33. The van der Waals surface area contributed by atoms with Crippen molar-refractivity contribution in [1.82, 2.24) is 0 Å². The van der Waals surface area contributed by atoms with Crippen LogP contribution in [0, 0.1) is 5.82 Å². The normalized spacial score (nSPS) is 16.8. The van der Waals surface area contributed by atoms with E-state index in [9.17, 15) is 17.6 Å². The molecule has 5 nitrogen and oxygen atoms in total. The summed E-state index contributed by atoms with van der Waals surface area (Å²) < 4.78 is 40.6. The summed E-state index contributed by atoms with van der Waals surface area (Å²) >= 11 is 0. The number of hydrogen-bond donors (Lipinski definition) is 1. The van der Waals surface area contributed by atoms with E-state index in [1.54, 1.807) is 17.0 Å². The van der Waals surface area contributed by atoms with E-state index in [-0.39, 0.29) is 22.5 Å². The van der Waals surface area contributed by atoms with Crippen LogP contribution >= 0.6 is 0 Å². The van der Waals surface area contributed by atoms with Crippen molar-refractivity contribution >= 4 is 27.3 Å². The van der Waals surface area contributed by atoms with Gasteiger partial charge in [0.1, 0.15) is 5.82 Å². The van der Waals surface area contributed by atoms with Crippen LogP contribution in [0.2, 0.25) is 0 Å². The molecule has 0 fully saturated rings. The molecule has 2 aromatic carbocycles. The van der Waals surface area contributed by atoms with Crippen LogP contribution in [0.25, 0.3) is 0 Å². The van der Waals surface area contributed by atoms with Gasteiger partial charge in [-0.3, -0.25) is 9.52 Å². The maximum Gasteiger partial charge on any atom is 0.261 e. The van der Waals surface area contributed by atoms with Crippen molar-refractivity contribution in [2.75, 3.05) is 9.62 Å². The molecule has 126 valence electrons. The van der Waals surface area contributed by atoms with Gasteiger partial charge in [-0.25, -0.2) is 12.8 Å². The van der Waals surface area contributed by atoms with E-state index in [1.807, 2.05) is 6.92 Å². The molecule has 7 heteroatoms. The fourth-order valence-corrected chi connectivity index (χ4v) is 4.12. The SMILES string of the molecule is CC(=O)N1c2ccc(S(=O)(=O)Nc3cccc(F)c3)cc2CC1C. The zero-order valence-electron chi connectivity index (χ0n) is 13.3. The summed E-state index contributed by atoms with van der Waals surface area (Å²) in [5, 5.41) is 0. The van der Waals surface area contributed by atoms with Gasteiger partial charge in [-0.15, -0.1) is 0 Å². The Morgan fingerprint density at radius 3 is 2.67 bits per heavy atom. The molecule has 2 aromatic rings. The summed E-state index contributed by atoms with van der Waals surface area (Å²) in [6.07, 6.45) is 0.595. The van der Waals surface area contributed by atoms with Gasteiger partial charge < -0.3 is 4.90 Å². The molecule has 1 heterocycles. The number of rotatable bonds is 3. The minimum atomic E-state index is -3.83. The second-order valence-corrected chi connectivity index (χ2v) is 7.53. The van der Waals surface area contributed by atoms with E-state index >= 15 is 0 Å². The smallest absolute Gasteiger partial charge is 0.261 e. The number of hydrogen-bond acceptors (Lipinski definition) is 3. The van der Waals surface area contributed by atoms with E-state index < -0.39 is 15.8 Å². The highest BCUT2D eigenvalue weighted by molar-refractivity contribution is 7.92. The van der Waals surface area contributed by atoms with E-state index in [0.29, 0.717) is 6.42 Å². The molecule has 3 rings (SSSR count). The summed E-state index contributed by atoms with van der Waals surface area (Å²) in [5.74, 6) is -0.593. The monoisotopic (exact) mass is 348 g/mol. The van der Waals surface area contributed by atoms with Gasteiger partial charge in [0.05, 0.1) is 10.6 Å². The Morgan fingerprint density at radius 2 is 2.00 bits per heavy atom. The van der Waals surface area contributed by atoms with Crippen LogP contribution in [0.5, 0.6) is 0 Å². The average molecular weight is 348 g/mol. The maximum absolute atomic E-state index is 13.2. The molecular weight excluding hydrogens is 331 g/mol. The third-order valence-electron chi connectivity index (χ3n) is 3.99. The summed E-state index contributed by atoms with van der Waals surface area (Å²) in [5.41, 5.74) is 1.70. The lowest BCUT2D eigenvalue weighted by Gasteiger charge is -2.20. The number of amides is 1. The lowest BCUT2D eigenvalue weighted by molar-refractivity contribution is -0.116. The number of sulfonamides is 1. The van der Waals surface area contributed by atoms with Gasteiger partial charge in [0.25, 0.3) is 10.0 Å². The van der Waals surface area contributed by atoms with Crippen molar-refractivity contribution in [2.24, 2.45) is 0 Å². The Hall–Kier alpha value is -2.41. The molecule has 0 bridgehead atoms. The number of carbonyl (C=O) groups is 1. The Morgan fingerprint density at radius 1 is 1.25 bits per heavy atom. The van der Waals surface area contributed by atoms with Gasteiger partial charge in [-0.2, -0.15) is 0 Å². The maximum atomic E-state index is 13.2. The van der Waals surface area contributed by atoms with Gasteiger partial charge in [0.2, 0.25) is 5.91 Å². The van der Waals surface area contributed by atoms with E-state index in [2.05, 4.69) is 4.72 Å². The predicted octanol–water partition coefficient (Wildman–Crippen LogP) is 2.92. The van der Waals surface area contributed by atoms with Crippen molar-refractivity contribution in [3.8, 4) is 0 Å². The zero-order valence-corrected chi connectivity index (χ0v) is 14.1. The summed E-state index contributed by atoms with van der Waals surface area (Å²) in [6, 6.07) is 9.92. The van der Waals surface area contributed by atoms with Gasteiger partial charge in [0, 0.05) is 18.7 Å². The van der Waals surface area contributed by atoms with Crippen molar-refractivity contribution in [3.63, 3.8) is 0 Å². The molecule has 0 aromatic heterocycles. The molecule has 1 N–H and O–H groups in total. The number of benzene rings is 2. The first-order valence-electron chi connectivity index (χ1n) is 7.49. The van der Waals surface area contributed by atoms with Crippen LogP contribution in [0.3, 0.4) is 0 Å². The van der Waals surface area contributed by atoms with Crippen molar-refractivity contribution in [3.05, 3.63) is 53.8 Å². The molecule has 0 aliphatic carbocycles. The van der Waals surface area contributed by atoms with Crippen molar-refractivity contribution < 1.29 is 17.6 Å². The highest BCUT2D eigenvalue weighted by Crippen LogP contribution is 2.34. The predicted molar refractivity (Wildman–Crippen MR) is 90.0 cm³/mol. The highest BCUT2D eigenvalue weighted by Gasteiger charge is 2.30. The second-order valence-electron chi connectivity index (χ2n) is 5.85. The first-order valence-corrected chi connectivity index (χ1v) is 8.97. The Labute approximate surface area is 140 Å². The van der Waals surface area contributed by atoms with Gasteiger partial charge in [-0.1, -0.05) is 6.07 Å². The van der Waals surface area contributed by atoms with Crippen LogP contribution < -0.4 is 9.62 Å². The largest absolute Gasteiger partial charge is 0.309 e. The topological polar surface area (TPSA) is 66.5 Å². The first kappa shape index (κ1) is 16.4. The quantitative estimate of drug-likeness (QED) is 0.927. The standard InChI is InChI=1S/C17H17FN2O3S/c1-11-8-13-9-16(6-7-17(13)20(11)12(2)21)24(22,23)19-15-5-3-4-14(18)10-15/h3-7,9-11,19H,8H2,1-2H3. The van der Waals surface area contributed by atoms with E-state index in [0.717, 1.165) is 17.3 Å². The van der Waals surface area contributed by atoms with Gasteiger partial charge >= 0.3 is 0 Å². The summed E-state index contributed by atoms with van der Waals surface area (Å²) in [7, 11) is -3.83. The number of nitrogens with one attached hydrogen (secondary N) is 1. The molecule has 1 amide bonds. The molecule has 24 heavy (non-hydrogen) atoms. The first-order chi connectivity index (χ1) is 11.3. The molecule has 1 aliphatic heterocycles. The number of halogens is 1. The lowest BCUT2D eigenvalue weighted by atomic mass is 10.1. The Kier molecular flexibility index (Phi) is 4.04. The van der Waals surface area contributed by atoms with Crippen LogP contribution in [-0.4, -0.2) is 20.4 Å². The van der Waals surface area contributed by atoms with Crippen molar-refractivity contribution in [2.45, 2.75) is 31.2 Å². The Balaban J connectivity index is 1.93. The molecule has 0 spiro atoms. The molecule has 1 unspecified atom stereocenters. The number of nitrogens with zero attached hydrogens (tertiary/aromatic N) is 1. The van der Waals surface area contributed by atoms with Gasteiger partial charge in [0.15, 0.2) is 0 Å². The van der Waals surface area contributed by atoms with Crippen LogP contribution in [-0.2, 0) is 21.2 Å². The van der Waals surface area contributed by atoms with Gasteiger partial charge in [-0.05, 0) is 55.3 Å². The molecule has 0 radical (unpaired) electrons. The summed E-state index contributed by atoms with van der Waals surface area (Å²) in [6.45, 7) is 3.41. The van der Waals surface area contributed by atoms with Crippen molar-refractivity contribution in [1.29, 1.82) is 0 Å². The summed E-state index contributed by atoms with van der Waals surface area (Å²) in [4.78, 5) is 13.5. The molecule has 0 saturated heterocycles. The Bertz CT molecular complexity index is 912. The fraction of sp³-hybridized carbons (Fsp3) is 0.235. The van der Waals surface area contributed by atoms with E-state index in [1.165, 1.54) is 31.2 Å². The molecule has 0 saturated carbocycles. The minimum absolute atomic E-state index is 0.00775. The molecular formula is C17H17FN2O3S. The van der Waals surface area contributed by atoms with Crippen LogP contribution in [0.4, 0.5) is 15.8 Å². The molecule has 1 aliphatic rings. The third kappa shape index (κ3) is 2.99. The number of carbonyl (C=O) groups excluding carboxylic acids is 1. The minimum Gasteiger partial charge on any atom is -0.309 e. The van der Waals surface area contributed by atoms with Crippen LogP contribution in [0.1, 0.15) is 19.4 Å². The number of anilines is 2.